The molecule has 4 rings (SSSR count). The van der Waals surface area contributed by atoms with E-state index in [4.69, 9.17) is 0 Å². The lowest BCUT2D eigenvalue weighted by atomic mass is 9.96. The Labute approximate surface area is 200 Å². The van der Waals surface area contributed by atoms with E-state index in [2.05, 4.69) is 25.3 Å². The van der Waals surface area contributed by atoms with Crippen LogP contribution < -0.4 is 15.4 Å². The number of hydrogen-bond donors (Lipinski definition) is 3. The Morgan fingerprint density at radius 2 is 1.56 bits per heavy atom. The molecule has 0 spiro atoms. The Kier molecular flexibility index (Phi) is 7.23. The lowest BCUT2D eigenvalue weighted by Gasteiger charge is -2.22. The van der Waals surface area contributed by atoms with Crippen molar-refractivity contribution >= 4 is 33.3 Å². The summed E-state index contributed by atoms with van der Waals surface area (Å²) < 4.78 is 28.1. The van der Waals surface area contributed by atoms with Crippen molar-refractivity contribution in [2.24, 2.45) is 0 Å². The number of nitrogens with one attached hydrogen (secondary N) is 3. The van der Waals surface area contributed by atoms with Crippen molar-refractivity contribution < 1.29 is 13.2 Å². The highest BCUT2D eigenvalue weighted by atomic mass is 32.2. The van der Waals surface area contributed by atoms with Gasteiger partial charge in [0, 0.05) is 34.4 Å². The van der Waals surface area contributed by atoms with Crippen LogP contribution in [-0.2, 0) is 10.0 Å². The molecule has 34 heavy (non-hydrogen) atoms. The van der Waals surface area contributed by atoms with E-state index in [9.17, 15) is 13.2 Å². The smallest absolute Gasteiger partial charge is 0.255 e. The van der Waals surface area contributed by atoms with Crippen LogP contribution in [0.5, 0.6) is 0 Å². The van der Waals surface area contributed by atoms with Crippen LogP contribution in [0, 0.1) is 13.8 Å². The SMILES string of the molecule is Cc1cc(C)nc(Nc2cccc(C(=O)Nc3ccc(S(=O)(=O)NC4CCCCC4)cc3)c2)n1. The number of carbonyl (C=O) groups excluding carboxylic acids is 1. The van der Waals surface area contributed by atoms with Gasteiger partial charge in [0.1, 0.15) is 0 Å². The van der Waals surface area contributed by atoms with E-state index in [-0.39, 0.29) is 16.8 Å². The van der Waals surface area contributed by atoms with Crippen molar-refractivity contribution in [2.45, 2.75) is 56.9 Å². The first kappa shape index (κ1) is 23.8. The average Bonchev–Trinajstić information content (AvgIpc) is 2.79. The number of benzene rings is 2. The first-order chi connectivity index (χ1) is 16.3. The monoisotopic (exact) mass is 479 g/mol. The topological polar surface area (TPSA) is 113 Å². The minimum Gasteiger partial charge on any atom is -0.324 e. The summed E-state index contributed by atoms with van der Waals surface area (Å²) in [5.74, 6) is 0.162. The molecule has 8 nitrogen and oxygen atoms in total. The lowest BCUT2D eigenvalue weighted by Crippen LogP contribution is -2.36. The highest BCUT2D eigenvalue weighted by molar-refractivity contribution is 7.89. The van der Waals surface area contributed by atoms with Crippen molar-refractivity contribution in [3.05, 3.63) is 71.5 Å². The second-order valence-corrected chi connectivity index (χ2v) is 10.3. The maximum Gasteiger partial charge on any atom is 0.255 e. The average molecular weight is 480 g/mol. The molecule has 1 aliphatic rings. The minimum atomic E-state index is -3.58. The van der Waals surface area contributed by atoms with Crippen LogP contribution in [0.15, 0.2) is 59.5 Å². The largest absolute Gasteiger partial charge is 0.324 e. The van der Waals surface area contributed by atoms with E-state index in [0.29, 0.717) is 22.9 Å². The second kappa shape index (κ2) is 10.3. The molecule has 0 unspecified atom stereocenters. The van der Waals surface area contributed by atoms with Crippen LogP contribution in [0.1, 0.15) is 53.8 Å². The Hall–Kier alpha value is -3.30. The van der Waals surface area contributed by atoms with Crippen LogP contribution >= 0.6 is 0 Å². The molecule has 3 aromatic rings. The summed E-state index contributed by atoms with van der Waals surface area (Å²) in [4.78, 5) is 21.7. The molecule has 2 aromatic carbocycles. The zero-order chi connectivity index (χ0) is 24.1. The van der Waals surface area contributed by atoms with Gasteiger partial charge in [0.05, 0.1) is 4.90 Å². The quantitative estimate of drug-likeness (QED) is 0.453. The fourth-order valence-corrected chi connectivity index (χ4v) is 5.38. The molecule has 1 aromatic heterocycles. The molecule has 1 aliphatic carbocycles. The third kappa shape index (κ3) is 6.18. The first-order valence-corrected chi connectivity index (χ1v) is 12.9. The van der Waals surface area contributed by atoms with E-state index in [0.717, 1.165) is 43.5 Å². The Bertz CT molecular complexity index is 1250. The predicted molar refractivity (Wildman–Crippen MR) is 133 cm³/mol. The number of nitrogens with zero attached hydrogens (tertiary/aromatic N) is 2. The van der Waals surface area contributed by atoms with Gasteiger partial charge in [-0.1, -0.05) is 25.3 Å². The minimum absolute atomic E-state index is 0.00636. The Morgan fingerprint density at radius 3 is 2.24 bits per heavy atom. The van der Waals surface area contributed by atoms with Crippen LogP contribution in [0.25, 0.3) is 0 Å². The lowest BCUT2D eigenvalue weighted by molar-refractivity contribution is 0.102. The number of aryl methyl sites for hydroxylation is 2. The molecule has 0 radical (unpaired) electrons. The van der Waals surface area contributed by atoms with E-state index >= 15 is 0 Å². The fourth-order valence-electron chi connectivity index (χ4n) is 4.08. The zero-order valence-electron chi connectivity index (χ0n) is 19.3. The summed E-state index contributed by atoms with van der Waals surface area (Å²) in [6.07, 6.45) is 5.00. The number of aromatic nitrogens is 2. The van der Waals surface area contributed by atoms with Gasteiger partial charge in [0.15, 0.2) is 0 Å². The molecule has 1 saturated carbocycles. The summed E-state index contributed by atoms with van der Waals surface area (Å²) in [6, 6.07) is 15.1. The number of amides is 1. The number of anilines is 3. The van der Waals surface area contributed by atoms with Gasteiger partial charge in [0.25, 0.3) is 5.91 Å². The molecule has 1 fully saturated rings. The van der Waals surface area contributed by atoms with E-state index in [1.807, 2.05) is 26.0 Å². The Morgan fingerprint density at radius 1 is 0.882 bits per heavy atom. The van der Waals surface area contributed by atoms with Crippen molar-refractivity contribution in [1.82, 2.24) is 14.7 Å². The van der Waals surface area contributed by atoms with E-state index in [1.54, 1.807) is 30.3 Å². The zero-order valence-corrected chi connectivity index (χ0v) is 20.2. The maximum atomic E-state index is 12.8. The normalized spacial score (nSPS) is 14.5. The fraction of sp³-hybridized carbons (Fsp3) is 0.320. The molecular weight excluding hydrogens is 450 g/mol. The van der Waals surface area contributed by atoms with Gasteiger partial charge in [0.2, 0.25) is 16.0 Å². The van der Waals surface area contributed by atoms with Crippen LogP contribution in [-0.4, -0.2) is 30.3 Å². The molecule has 3 N–H and O–H groups in total. The Balaban J connectivity index is 1.41. The molecule has 178 valence electrons. The summed E-state index contributed by atoms with van der Waals surface area (Å²) in [5.41, 5.74) is 3.35. The van der Waals surface area contributed by atoms with Crippen molar-refractivity contribution in [1.29, 1.82) is 0 Å². The maximum absolute atomic E-state index is 12.8. The van der Waals surface area contributed by atoms with Crippen LogP contribution in [0.2, 0.25) is 0 Å². The second-order valence-electron chi connectivity index (χ2n) is 8.61. The van der Waals surface area contributed by atoms with Gasteiger partial charge in [-0.15, -0.1) is 0 Å². The number of hydrogen-bond acceptors (Lipinski definition) is 6. The van der Waals surface area contributed by atoms with Crippen molar-refractivity contribution in [3.63, 3.8) is 0 Å². The summed E-state index contributed by atoms with van der Waals surface area (Å²) >= 11 is 0. The number of rotatable bonds is 7. The van der Waals surface area contributed by atoms with Crippen LogP contribution in [0.3, 0.4) is 0 Å². The number of sulfonamides is 1. The summed E-state index contributed by atoms with van der Waals surface area (Å²) in [5, 5.41) is 5.94. The molecule has 0 bridgehead atoms. The van der Waals surface area contributed by atoms with Gasteiger partial charge in [-0.3, -0.25) is 4.79 Å². The molecule has 0 saturated heterocycles. The predicted octanol–water partition coefficient (Wildman–Crippen LogP) is 4.70. The molecule has 1 heterocycles. The van der Waals surface area contributed by atoms with Gasteiger partial charge >= 0.3 is 0 Å². The van der Waals surface area contributed by atoms with Gasteiger partial charge in [-0.2, -0.15) is 0 Å². The summed E-state index contributed by atoms with van der Waals surface area (Å²) in [6.45, 7) is 3.79. The van der Waals surface area contributed by atoms with Crippen LogP contribution in [0.4, 0.5) is 17.3 Å². The van der Waals surface area contributed by atoms with E-state index in [1.165, 1.54) is 12.1 Å². The third-order valence-electron chi connectivity index (χ3n) is 5.71. The van der Waals surface area contributed by atoms with Crippen molar-refractivity contribution in [2.75, 3.05) is 10.6 Å². The molecule has 0 atom stereocenters. The molecule has 0 aliphatic heterocycles. The standard InChI is InChI=1S/C25H29N5O3S/c1-17-15-18(2)27-25(26-17)29-22-10-6-7-19(16-22)24(31)28-20-11-13-23(14-12-20)34(32,33)30-21-8-4-3-5-9-21/h6-7,10-16,21,30H,3-5,8-9H2,1-2H3,(H,28,31)(H,26,27,29). The molecule has 9 heteroatoms. The first-order valence-electron chi connectivity index (χ1n) is 11.4. The molecule has 1 amide bonds. The highest BCUT2D eigenvalue weighted by Crippen LogP contribution is 2.22. The third-order valence-corrected chi connectivity index (χ3v) is 7.25. The number of carbonyl (C=O) groups is 1. The summed E-state index contributed by atoms with van der Waals surface area (Å²) in [7, 11) is -3.58. The van der Waals surface area contributed by atoms with Gasteiger partial charge in [-0.05, 0) is 75.2 Å². The van der Waals surface area contributed by atoms with Gasteiger partial charge < -0.3 is 10.6 Å². The van der Waals surface area contributed by atoms with Crippen molar-refractivity contribution in [3.8, 4) is 0 Å². The van der Waals surface area contributed by atoms with Gasteiger partial charge in [-0.25, -0.2) is 23.1 Å². The highest BCUT2D eigenvalue weighted by Gasteiger charge is 2.21. The van der Waals surface area contributed by atoms with E-state index < -0.39 is 10.0 Å². The molecular formula is C25H29N5O3S.